The molecule has 122 valence electrons. The van der Waals surface area contributed by atoms with E-state index in [0.717, 1.165) is 34.5 Å². The van der Waals surface area contributed by atoms with E-state index < -0.39 is 6.10 Å². The Morgan fingerprint density at radius 1 is 1.09 bits per heavy atom. The first-order chi connectivity index (χ1) is 11.0. The number of nitrogens with one attached hydrogen (secondary N) is 1. The molecule has 1 amide bonds. The Bertz CT molecular complexity index is 659. The summed E-state index contributed by atoms with van der Waals surface area (Å²) in [5.41, 5.74) is 4.25. The largest absolute Gasteiger partial charge is 0.481 e. The molecular weight excluding hydrogens is 286 g/mol. The summed E-state index contributed by atoms with van der Waals surface area (Å²) in [5.74, 6) is 0.640. The van der Waals surface area contributed by atoms with Crippen LogP contribution < -0.4 is 10.1 Å². The molecule has 0 bridgehead atoms. The molecule has 0 heterocycles. The molecule has 0 aliphatic rings. The number of ether oxygens (including phenoxy) is 1. The molecule has 23 heavy (non-hydrogen) atoms. The summed E-state index contributed by atoms with van der Waals surface area (Å²) in [6, 6.07) is 13.9. The maximum absolute atomic E-state index is 12.5. The molecule has 0 saturated carbocycles. The lowest BCUT2D eigenvalue weighted by molar-refractivity contribution is -0.122. The highest BCUT2D eigenvalue weighted by atomic mass is 16.5. The molecule has 0 fully saturated rings. The lowest BCUT2D eigenvalue weighted by Crippen LogP contribution is -2.32. The minimum atomic E-state index is -0.499. The van der Waals surface area contributed by atoms with Gasteiger partial charge in [-0.15, -0.1) is 0 Å². The molecule has 0 spiro atoms. The predicted octanol–water partition coefficient (Wildman–Crippen LogP) is 4.66. The van der Waals surface area contributed by atoms with Crippen LogP contribution in [0, 0.1) is 13.8 Å². The summed E-state index contributed by atoms with van der Waals surface area (Å²) in [6.07, 6.45) is 0.999. The zero-order chi connectivity index (χ0) is 16.8. The number of anilines is 1. The van der Waals surface area contributed by atoms with Gasteiger partial charge in [0.2, 0.25) is 0 Å². The Morgan fingerprint density at radius 2 is 1.74 bits per heavy atom. The molecule has 0 aliphatic carbocycles. The Labute approximate surface area is 138 Å². The number of benzene rings is 2. The van der Waals surface area contributed by atoms with Crippen LogP contribution in [0.4, 0.5) is 5.69 Å². The fourth-order valence-corrected chi connectivity index (χ4v) is 2.65. The van der Waals surface area contributed by atoms with E-state index in [0.29, 0.717) is 6.42 Å². The second kappa shape index (κ2) is 7.82. The Hall–Kier alpha value is -2.29. The van der Waals surface area contributed by atoms with Crippen LogP contribution in [0.1, 0.15) is 37.0 Å². The number of aryl methyl sites for hydroxylation is 3. The molecule has 0 aliphatic heterocycles. The summed E-state index contributed by atoms with van der Waals surface area (Å²) < 4.78 is 5.92. The Balaban J connectivity index is 2.12. The topological polar surface area (TPSA) is 38.3 Å². The quantitative estimate of drug-likeness (QED) is 0.842. The lowest BCUT2D eigenvalue weighted by atomic mass is 10.1. The zero-order valence-corrected chi connectivity index (χ0v) is 14.3. The minimum Gasteiger partial charge on any atom is -0.481 e. The molecule has 0 saturated heterocycles. The van der Waals surface area contributed by atoms with Gasteiger partial charge in [0, 0.05) is 5.69 Å². The standard InChI is InChI=1S/C20H25NO2/c1-5-16-9-7-8-10-18(16)21-20(22)19(6-2)23-17-12-14(3)11-15(4)13-17/h7-13,19H,5-6H2,1-4H3,(H,21,22). The van der Waals surface area contributed by atoms with Gasteiger partial charge in [0.1, 0.15) is 5.75 Å². The van der Waals surface area contributed by atoms with Crippen molar-refractivity contribution in [3.05, 3.63) is 59.2 Å². The third kappa shape index (κ3) is 4.59. The van der Waals surface area contributed by atoms with Crippen molar-refractivity contribution in [3.8, 4) is 5.75 Å². The summed E-state index contributed by atoms with van der Waals surface area (Å²) >= 11 is 0. The normalized spacial score (nSPS) is 11.8. The second-order valence-electron chi connectivity index (χ2n) is 5.84. The number of carbonyl (C=O) groups excluding carboxylic acids is 1. The highest BCUT2D eigenvalue weighted by Gasteiger charge is 2.19. The van der Waals surface area contributed by atoms with Gasteiger partial charge in [-0.3, -0.25) is 4.79 Å². The summed E-state index contributed by atoms with van der Waals surface area (Å²) in [7, 11) is 0. The van der Waals surface area contributed by atoms with Crippen molar-refractivity contribution in [1.29, 1.82) is 0 Å². The highest BCUT2D eigenvalue weighted by Crippen LogP contribution is 2.20. The molecule has 2 aromatic carbocycles. The number of hydrogen-bond acceptors (Lipinski definition) is 2. The molecule has 1 unspecified atom stereocenters. The molecular formula is C20H25NO2. The van der Waals surface area contributed by atoms with Crippen molar-refractivity contribution >= 4 is 11.6 Å². The van der Waals surface area contributed by atoms with Crippen LogP contribution in [0.3, 0.4) is 0 Å². The molecule has 2 aromatic rings. The van der Waals surface area contributed by atoms with Crippen molar-refractivity contribution in [1.82, 2.24) is 0 Å². The first kappa shape index (κ1) is 17.1. The average Bonchev–Trinajstić information content (AvgIpc) is 2.52. The summed E-state index contributed by atoms with van der Waals surface area (Å²) in [5, 5.41) is 3.00. The SMILES string of the molecule is CCc1ccccc1NC(=O)C(CC)Oc1cc(C)cc(C)c1. The highest BCUT2D eigenvalue weighted by molar-refractivity contribution is 5.95. The predicted molar refractivity (Wildman–Crippen MR) is 95.1 cm³/mol. The van der Waals surface area contributed by atoms with Crippen molar-refractivity contribution < 1.29 is 9.53 Å². The van der Waals surface area contributed by atoms with E-state index in [2.05, 4.69) is 18.3 Å². The number of carbonyl (C=O) groups is 1. The number of amides is 1. The van der Waals surface area contributed by atoms with Crippen LogP contribution in [-0.4, -0.2) is 12.0 Å². The van der Waals surface area contributed by atoms with Gasteiger partial charge in [-0.2, -0.15) is 0 Å². The third-order valence-electron chi connectivity index (χ3n) is 3.79. The second-order valence-corrected chi connectivity index (χ2v) is 5.84. The fourth-order valence-electron chi connectivity index (χ4n) is 2.65. The van der Waals surface area contributed by atoms with Crippen LogP contribution in [-0.2, 0) is 11.2 Å². The molecule has 3 nitrogen and oxygen atoms in total. The van der Waals surface area contributed by atoms with E-state index in [-0.39, 0.29) is 5.91 Å². The van der Waals surface area contributed by atoms with E-state index in [1.165, 1.54) is 0 Å². The van der Waals surface area contributed by atoms with Gasteiger partial charge < -0.3 is 10.1 Å². The zero-order valence-electron chi connectivity index (χ0n) is 14.3. The molecule has 3 heteroatoms. The van der Waals surface area contributed by atoms with Crippen LogP contribution >= 0.6 is 0 Å². The van der Waals surface area contributed by atoms with E-state index >= 15 is 0 Å². The van der Waals surface area contributed by atoms with Gasteiger partial charge in [-0.1, -0.05) is 38.1 Å². The molecule has 1 N–H and O–H groups in total. The minimum absolute atomic E-state index is 0.104. The smallest absolute Gasteiger partial charge is 0.265 e. The van der Waals surface area contributed by atoms with Crippen LogP contribution in [0.25, 0.3) is 0 Å². The van der Waals surface area contributed by atoms with E-state index in [1.54, 1.807) is 0 Å². The maximum atomic E-state index is 12.5. The first-order valence-corrected chi connectivity index (χ1v) is 8.17. The van der Waals surface area contributed by atoms with Gasteiger partial charge in [-0.05, 0) is 61.6 Å². The number of hydrogen-bond donors (Lipinski definition) is 1. The first-order valence-electron chi connectivity index (χ1n) is 8.17. The third-order valence-corrected chi connectivity index (χ3v) is 3.79. The van der Waals surface area contributed by atoms with Crippen molar-refractivity contribution in [2.75, 3.05) is 5.32 Å². The Morgan fingerprint density at radius 3 is 2.35 bits per heavy atom. The van der Waals surface area contributed by atoms with E-state index in [1.807, 2.05) is 57.2 Å². The van der Waals surface area contributed by atoms with Crippen LogP contribution in [0.5, 0.6) is 5.75 Å². The molecule has 0 radical (unpaired) electrons. The van der Waals surface area contributed by atoms with Crippen molar-refractivity contribution in [2.24, 2.45) is 0 Å². The average molecular weight is 311 g/mol. The van der Waals surface area contributed by atoms with Gasteiger partial charge in [0.15, 0.2) is 6.10 Å². The van der Waals surface area contributed by atoms with E-state index in [4.69, 9.17) is 4.74 Å². The van der Waals surface area contributed by atoms with Crippen LogP contribution in [0.15, 0.2) is 42.5 Å². The lowest BCUT2D eigenvalue weighted by Gasteiger charge is -2.19. The fraction of sp³-hybridized carbons (Fsp3) is 0.350. The Kier molecular flexibility index (Phi) is 5.80. The van der Waals surface area contributed by atoms with Crippen LogP contribution in [0.2, 0.25) is 0 Å². The maximum Gasteiger partial charge on any atom is 0.265 e. The van der Waals surface area contributed by atoms with Crippen molar-refractivity contribution in [3.63, 3.8) is 0 Å². The monoisotopic (exact) mass is 311 g/mol. The van der Waals surface area contributed by atoms with E-state index in [9.17, 15) is 4.79 Å². The summed E-state index contributed by atoms with van der Waals surface area (Å²) in [4.78, 5) is 12.5. The van der Waals surface area contributed by atoms with Gasteiger partial charge >= 0.3 is 0 Å². The number of para-hydroxylation sites is 1. The summed E-state index contributed by atoms with van der Waals surface area (Å²) in [6.45, 7) is 8.09. The van der Waals surface area contributed by atoms with Gasteiger partial charge in [0.25, 0.3) is 5.91 Å². The molecule has 0 aromatic heterocycles. The van der Waals surface area contributed by atoms with Gasteiger partial charge in [0.05, 0.1) is 0 Å². The van der Waals surface area contributed by atoms with Gasteiger partial charge in [-0.25, -0.2) is 0 Å². The number of rotatable bonds is 6. The molecule has 2 rings (SSSR count). The molecule has 1 atom stereocenters. The van der Waals surface area contributed by atoms with Crippen molar-refractivity contribution in [2.45, 2.75) is 46.6 Å².